The van der Waals surface area contributed by atoms with E-state index in [0.29, 0.717) is 12.5 Å². The molecule has 3 rings (SSSR count). The molecule has 1 saturated heterocycles. The van der Waals surface area contributed by atoms with Gasteiger partial charge in [0.15, 0.2) is 0 Å². The first kappa shape index (κ1) is 24.1. The molecule has 0 radical (unpaired) electrons. The number of hydrogen-bond donors (Lipinski definition) is 1. The zero-order chi connectivity index (χ0) is 22.4. The lowest BCUT2D eigenvalue weighted by molar-refractivity contribution is -0.192. The van der Waals surface area contributed by atoms with Gasteiger partial charge in [0.1, 0.15) is 6.61 Å². The number of likely N-dealkylation sites (N-methyl/N-ethyl adjacent to an activating group) is 1. The third-order valence-corrected chi connectivity index (χ3v) is 5.60. The third kappa shape index (κ3) is 6.66. The fourth-order valence-electron chi connectivity index (χ4n) is 4.10. The molecule has 7 nitrogen and oxygen atoms in total. The highest BCUT2D eigenvalue weighted by molar-refractivity contribution is 5.76. The zero-order valence-electron chi connectivity index (χ0n) is 17.2. The van der Waals surface area contributed by atoms with Crippen LogP contribution in [-0.4, -0.2) is 78.3 Å². The number of aliphatic carboxylic acids is 1. The molecule has 1 aromatic rings. The van der Waals surface area contributed by atoms with Crippen LogP contribution < -0.4 is 0 Å². The van der Waals surface area contributed by atoms with Crippen molar-refractivity contribution in [2.24, 2.45) is 11.3 Å². The molecule has 1 aliphatic carbocycles. The number of halogens is 3. The van der Waals surface area contributed by atoms with Gasteiger partial charge in [-0.1, -0.05) is 12.5 Å². The highest BCUT2D eigenvalue weighted by atomic mass is 19.4. The average molecular weight is 431 g/mol. The molecule has 0 spiro atoms. The summed E-state index contributed by atoms with van der Waals surface area (Å²) in [5.74, 6) is -2.01. The van der Waals surface area contributed by atoms with Crippen molar-refractivity contribution in [1.29, 1.82) is 0 Å². The van der Waals surface area contributed by atoms with Crippen molar-refractivity contribution in [2.75, 3.05) is 40.4 Å². The maximum atomic E-state index is 11.7. The maximum Gasteiger partial charge on any atom is 0.490 e. The number of carbonyl (C=O) groups is 2. The van der Waals surface area contributed by atoms with Gasteiger partial charge in [0.2, 0.25) is 5.91 Å². The number of carbonyl (C=O) groups excluding carboxylic acids is 1. The van der Waals surface area contributed by atoms with Gasteiger partial charge in [0.25, 0.3) is 0 Å². The van der Waals surface area contributed by atoms with Crippen LogP contribution in [-0.2, 0) is 20.9 Å². The van der Waals surface area contributed by atoms with E-state index in [9.17, 15) is 18.0 Å². The Morgan fingerprint density at radius 2 is 2.10 bits per heavy atom. The summed E-state index contributed by atoms with van der Waals surface area (Å²) in [6, 6.07) is 4.14. The van der Waals surface area contributed by atoms with E-state index in [1.165, 1.54) is 24.8 Å². The zero-order valence-corrected chi connectivity index (χ0v) is 17.2. The van der Waals surface area contributed by atoms with E-state index in [-0.39, 0.29) is 17.9 Å². The summed E-state index contributed by atoms with van der Waals surface area (Å²) in [7, 11) is 3.54. The number of ether oxygens (including phenoxy) is 1. The number of hydrogen-bond acceptors (Lipinski definition) is 5. The van der Waals surface area contributed by atoms with Crippen molar-refractivity contribution in [3.05, 3.63) is 30.1 Å². The normalized spacial score (nSPS) is 23.4. The molecule has 0 unspecified atom stereocenters. The van der Waals surface area contributed by atoms with E-state index in [1.807, 2.05) is 18.5 Å². The maximum absolute atomic E-state index is 11.7. The van der Waals surface area contributed by atoms with E-state index >= 15 is 0 Å². The summed E-state index contributed by atoms with van der Waals surface area (Å²) in [4.78, 5) is 28.9. The average Bonchev–Trinajstić information content (AvgIpc) is 3.18. The van der Waals surface area contributed by atoms with Crippen LogP contribution in [0.2, 0.25) is 0 Å². The van der Waals surface area contributed by atoms with Crippen LogP contribution >= 0.6 is 0 Å². The Bertz CT molecular complexity index is 715. The number of rotatable bonds is 6. The van der Waals surface area contributed by atoms with Crippen LogP contribution in [0.3, 0.4) is 0 Å². The minimum Gasteiger partial charge on any atom is -0.475 e. The first-order valence-electron chi connectivity index (χ1n) is 9.73. The smallest absolute Gasteiger partial charge is 0.475 e. The summed E-state index contributed by atoms with van der Waals surface area (Å²) in [5.41, 5.74) is 1.51. The number of alkyl halides is 3. The quantitative estimate of drug-likeness (QED) is 0.745. The molecule has 0 bridgehead atoms. The van der Waals surface area contributed by atoms with Gasteiger partial charge in [0, 0.05) is 51.5 Å². The molecule has 2 atom stereocenters. The summed E-state index contributed by atoms with van der Waals surface area (Å²) in [5, 5.41) is 7.12. The van der Waals surface area contributed by atoms with Crippen LogP contribution in [0.25, 0.3) is 0 Å². The van der Waals surface area contributed by atoms with Crippen LogP contribution in [0.1, 0.15) is 24.8 Å². The van der Waals surface area contributed by atoms with Gasteiger partial charge in [-0.15, -0.1) is 0 Å². The molecule has 10 heteroatoms. The van der Waals surface area contributed by atoms with Crippen LogP contribution in [0, 0.1) is 11.3 Å². The first-order chi connectivity index (χ1) is 14.0. The summed E-state index contributed by atoms with van der Waals surface area (Å²) in [6.45, 7) is 4.08. The molecular formula is C20H28F3N3O4. The topological polar surface area (TPSA) is 83.0 Å². The van der Waals surface area contributed by atoms with E-state index in [2.05, 4.69) is 16.0 Å². The molecule has 1 aliphatic heterocycles. The lowest BCUT2D eigenvalue weighted by atomic mass is 9.81. The van der Waals surface area contributed by atoms with Gasteiger partial charge >= 0.3 is 12.1 Å². The molecule has 30 heavy (non-hydrogen) atoms. The molecule has 0 aromatic carbocycles. The number of carboxylic acids is 1. The van der Waals surface area contributed by atoms with Gasteiger partial charge < -0.3 is 14.7 Å². The van der Waals surface area contributed by atoms with Crippen molar-refractivity contribution in [1.82, 2.24) is 14.8 Å². The fraction of sp³-hybridized carbons (Fsp3) is 0.650. The number of likely N-dealkylation sites (tertiary alicyclic amines) is 1. The Balaban J connectivity index is 0.000000396. The van der Waals surface area contributed by atoms with Gasteiger partial charge in [-0.05, 0) is 30.4 Å². The second kappa shape index (κ2) is 10.2. The molecule has 2 heterocycles. The van der Waals surface area contributed by atoms with Gasteiger partial charge in [0.05, 0.1) is 6.61 Å². The molecule has 1 saturated carbocycles. The number of pyridine rings is 1. The minimum absolute atomic E-state index is 0.0427. The fourth-order valence-corrected chi connectivity index (χ4v) is 4.10. The molecule has 168 valence electrons. The van der Waals surface area contributed by atoms with Crippen molar-refractivity contribution in [2.45, 2.75) is 32.0 Å². The second-order valence-corrected chi connectivity index (χ2v) is 8.07. The minimum atomic E-state index is -5.08. The Kier molecular flexibility index (Phi) is 8.19. The van der Waals surface area contributed by atoms with Crippen molar-refractivity contribution in [3.8, 4) is 0 Å². The highest BCUT2D eigenvalue weighted by Crippen LogP contribution is 2.49. The lowest BCUT2D eigenvalue weighted by Crippen LogP contribution is -2.34. The second-order valence-electron chi connectivity index (χ2n) is 8.07. The molecule has 2 fully saturated rings. The predicted octanol–water partition coefficient (Wildman–Crippen LogP) is 2.42. The largest absolute Gasteiger partial charge is 0.490 e. The lowest BCUT2D eigenvalue weighted by Gasteiger charge is -2.29. The SMILES string of the molecule is CN(C)C(=O)COC[C@@]12CCC[C@@H]1CN(Cc1cccnc1)C2.O=C(O)C(F)(F)F. The third-order valence-electron chi connectivity index (χ3n) is 5.60. The van der Waals surface area contributed by atoms with Crippen molar-refractivity contribution < 1.29 is 32.6 Å². The molecule has 1 aromatic heterocycles. The summed E-state index contributed by atoms with van der Waals surface area (Å²) < 4.78 is 37.5. The molecule has 1 amide bonds. The molecule has 1 N–H and O–H groups in total. The number of carboxylic acid groups (broad SMARTS) is 1. The Labute approximate surface area is 173 Å². The van der Waals surface area contributed by atoms with E-state index in [4.69, 9.17) is 14.6 Å². The number of aromatic nitrogens is 1. The molecule has 2 aliphatic rings. The molecular weight excluding hydrogens is 403 g/mol. The van der Waals surface area contributed by atoms with Crippen LogP contribution in [0.15, 0.2) is 24.5 Å². The number of fused-ring (bicyclic) bond motifs is 1. The van der Waals surface area contributed by atoms with Gasteiger partial charge in [-0.25, -0.2) is 4.79 Å². The monoisotopic (exact) mass is 431 g/mol. The first-order valence-corrected chi connectivity index (χ1v) is 9.73. The summed E-state index contributed by atoms with van der Waals surface area (Å²) in [6.07, 6.45) is 2.48. The number of amides is 1. The Morgan fingerprint density at radius 1 is 1.40 bits per heavy atom. The van der Waals surface area contributed by atoms with E-state index in [0.717, 1.165) is 19.6 Å². The van der Waals surface area contributed by atoms with Crippen LogP contribution in [0.5, 0.6) is 0 Å². The van der Waals surface area contributed by atoms with Crippen molar-refractivity contribution in [3.63, 3.8) is 0 Å². The van der Waals surface area contributed by atoms with Gasteiger partial charge in [-0.2, -0.15) is 13.2 Å². The van der Waals surface area contributed by atoms with E-state index in [1.54, 1.807) is 19.0 Å². The Hall–Kier alpha value is -2.20. The highest BCUT2D eigenvalue weighted by Gasteiger charge is 2.49. The Morgan fingerprint density at radius 3 is 2.67 bits per heavy atom. The van der Waals surface area contributed by atoms with E-state index < -0.39 is 12.1 Å². The standard InChI is InChI=1S/C18H27N3O2.C2HF3O2/c1-20(2)17(22)12-23-14-18-7-3-6-16(18)11-21(13-18)10-15-5-4-8-19-9-15;3-2(4,5)1(6)7/h4-5,8-9,16H,3,6-7,10-14H2,1-2H3;(H,6,7)/t16-,18+;/m1./s1. The van der Waals surface area contributed by atoms with Crippen LogP contribution in [0.4, 0.5) is 13.2 Å². The van der Waals surface area contributed by atoms with Gasteiger partial charge in [-0.3, -0.25) is 14.7 Å². The summed E-state index contributed by atoms with van der Waals surface area (Å²) >= 11 is 0. The predicted molar refractivity (Wildman–Crippen MR) is 102 cm³/mol. The van der Waals surface area contributed by atoms with Crippen molar-refractivity contribution >= 4 is 11.9 Å². The number of nitrogens with zero attached hydrogens (tertiary/aromatic N) is 3.